The number of phosphoric acid groups is 1. The van der Waals surface area contributed by atoms with E-state index in [0.717, 1.165) is 44.9 Å². The molecular formula is C73H140NO8P. The van der Waals surface area contributed by atoms with E-state index in [4.69, 9.17) is 18.5 Å². The molecule has 0 aliphatic rings. The Morgan fingerprint density at radius 2 is 0.651 bits per heavy atom. The van der Waals surface area contributed by atoms with Crippen LogP contribution in [0, 0.1) is 0 Å². The molecule has 9 nitrogen and oxygen atoms in total. The number of likely N-dealkylation sites (N-methyl/N-ethyl adjacent to an activating group) is 1. The quantitative estimate of drug-likeness (QED) is 0.0195. The highest BCUT2D eigenvalue weighted by Gasteiger charge is 2.22. The number of hydrogen-bond acceptors (Lipinski definition) is 8. The summed E-state index contributed by atoms with van der Waals surface area (Å²) in [5.41, 5.74) is 0. The van der Waals surface area contributed by atoms with Gasteiger partial charge in [-0.2, -0.15) is 0 Å². The Labute approximate surface area is 516 Å². The molecule has 0 aromatic heterocycles. The molecule has 0 spiro atoms. The highest BCUT2D eigenvalue weighted by Crippen LogP contribution is 2.38. The van der Waals surface area contributed by atoms with Gasteiger partial charge in [0.15, 0.2) is 6.10 Å². The normalized spacial score (nSPS) is 13.3. The standard InChI is InChI=1S/C73H140NO8P/c1-6-8-10-12-14-16-18-20-22-24-26-27-28-29-30-31-32-33-34-35-36-37-38-39-40-41-42-43-44-45-46-47-48-50-52-54-56-58-60-62-64-66-73(76)82-71(70-81-83(77,78)80-68-67-74(3,4)5)69-79-72(75)65-63-61-59-57-55-53-51-49-25-23-21-19-17-15-13-11-9-7-2/h18,20,24,26,28-29,71H,6-17,19,21-23,25,27,30-70H2,1-5H3/b20-18-,26-24-,29-28-. The smallest absolute Gasteiger partial charge is 0.306 e. The molecule has 0 N–H and O–H groups in total. The van der Waals surface area contributed by atoms with Crippen LogP contribution >= 0.6 is 7.82 Å². The van der Waals surface area contributed by atoms with Crippen LogP contribution in [0.1, 0.15) is 367 Å². The summed E-state index contributed by atoms with van der Waals surface area (Å²) in [7, 11) is 1.19. The fourth-order valence-electron chi connectivity index (χ4n) is 10.8. The Balaban J connectivity index is 3.87. The van der Waals surface area contributed by atoms with Gasteiger partial charge in [0, 0.05) is 12.8 Å². The molecule has 0 aliphatic carbocycles. The zero-order valence-corrected chi connectivity index (χ0v) is 56.8. The van der Waals surface area contributed by atoms with Crippen molar-refractivity contribution in [1.29, 1.82) is 0 Å². The molecule has 2 atom stereocenters. The van der Waals surface area contributed by atoms with E-state index in [9.17, 15) is 19.0 Å². The van der Waals surface area contributed by atoms with Crippen LogP contribution in [-0.4, -0.2) is 70.0 Å². The Hall–Kier alpha value is -1.77. The summed E-state index contributed by atoms with van der Waals surface area (Å²) in [6, 6.07) is 0. The first-order valence-corrected chi connectivity index (χ1v) is 37.7. The number of unbranched alkanes of at least 4 members (excludes halogenated alkanes) is 48. The maximum Gasteiger partial charge on any atom is 0.306 e. The van der Waals surface area contributed by atoms with E-state index in [0.29, 0.717) is 17.4 Å². The highest BCUT2D eigenvalue weighted by atomic mass is 31.2. The van der Waals surface area contributed by atoms with Gasteiger partial charge < -0.3 is 27.9 Å². The minimum atomic E-state index is -4.63. The lowest BCUT2D eigenvalue weighted by Crippen LogP contribution is -2.37. The number of phosphoric ester groups is 1. The van der Waals surface area contributed by atoms with Gasteiger partial charge in [-0.25, -0.2) is 0 Å². The van der Waals surface area contributed by atoms with Crippen molar-refractivity contribution in [2.45, 2.75) is 373 Å². The fourth-order valence-corrected chi connectivity index (χ4v) is 11.6. The van der Waals surface area contributed by atoms with Crippen LogP contribution in [0.4, 0.5) is 0 Å². The summed E-state index contributed by atoms with van der Waals surface area (Å²) >= 11 is 0. The molecule has 0 aliphatic heterocycles. The lowest BCUT2D eigenvalue weighted by atomic mass is 10.0. The molecular weight excluding hydrogens is 1050 g/mol. The molecule has 0 aromatic rings. The Morgan fingerprint density at radius 3 is 0.964 bits per heavy atom. The number of allylic oxidation sites excluding steroid dienone is 6. The van der Waals surface area contributed by atoms with Crippen molar-refractivity contribution in [2.24, 2.45) is 0 Å². The van der Waals surface area contributed by atoms with Crippen molar-refractivity contribution in [3.05, 3.63) is 36.5 Å². The largest absolute Gasteiger partial charge is 0.756 e. The molecule has 490 valence electrons. The fraction of sp³-hybridized carbons (Fsp3) is 0.890. The molecule has 10 heteroatoms. The van der Waals surface area contributed by atoms with Crippen molar-refractivity contribution in [3.8, 4) is 0 Å². The van der Waals surface area contributed by atoms with Gasteiger partial charge in [-0.3, -0.25) is 14.2 Å². The van der Waals surface area contributed by atoms with E-state index in [1.165, 1.54) is 289 Å². The number of nitrogens with zero attached hydrogens (tertiary/aromatic N) is 1. The molecule has 0 heterocycles. The first-order chi connectivity index (χ1) is 40.5. The number of carbonyl (C=O) groups is 2. The van der Waals surface area contributed by atoms with E-state index in [-0.39, 0.29) is 32.0 Å². The maximum atomic E-state index is 12.9. The minimum absolute atomic E-state index is 0.0267. The van der Waals surface area contributed by atoms with Gasteiger partial charge in [-0.05, 0) is 51.4 Å². The number of ether oxygens (including phenoxy) is 2. The third-order valence-corrected chi connectivity index (χ3v) is 17.4. The Kier molecular flexibility index (Phi) is 63.3. The molecule has 83 heavy (non-hydrogen) atoms. The van der Waals surface area contributed by atoms with Crippen LogP contribution in [0.25, 0.3) is 0 Å². The van der Waals surface area contributed by atoms with Crippen molar-refractivity contribution in [1.82, 2.24) is 0 Å². The number of quaternary nitrogens is 1. The van der Waals surface area contributed by atoms with Crippen LogP contribution in [0.2, 0.25) is 0 Å². The van der Waals surface area contributed by atoms with Crippen LogP contribution in [0.5, 0.6) is 0 Å². The van der Waals surface area contributed by atoms with E-state index in [1.54, 1.807) is 0 Å². The van der Waals surface area contributed by atoms with Gasteiger partial charge in [-0.1, -0.05) is 339 Å². The molecule has 2 unspecified atom stereocenters. The average molecular weight is 1190 g/mol. The average Bonchev–Trinajstić information content (AvgIpc) is 3.48. The summed E-state index contributed by atoms with van der Waals surface area (Å²) in [5.74, 6) is -0.810. The third kappa shape index (κ3) is 69.2. The summed E-state index contributed by atoms with van der Waals surface area (Å²) in [4.78, 5) is 38.0. The summed E-state index contributed by atoms with van der Waals surface area (Å²) in [5, 5.41) is 0. The van der Waals surface area contributed by atoms with Gasteiger partial charge in [0.2, 0.25) is 0 Å². The Morgan fingerprint density at radius 1 is 0.373 bits per heavy atom. The monoisotopic (exact) mass is 1190 g/mol. The molecule has 0 radical (unpaired) electrons. The number of hydrogen-bond donors (Lipinski definition) is 0. The minimum Gasteiger partial charge on any atom is -0.756 e. The third-order valence-electron chi connectivity index (χ3n) is 16.4. The predicted octanol–water partition coefficient (Wildman–Crippen LogP) is 22.8. The van der Waals surface area contributed by atoms with E-state index >= 15 is 0 Å². The van der Waals surface area contributed by atoms with Crippen LogP contribution < -0.4 is 4.89 Å². The zero-order valence-electron chi connectivity index (χ0n) is 55.9. The second-order valence-electron chi connectivity index (χ2n) is 26.0. The van der Waals surface area contributed by atoms with E-state index in [2.05, 4.69) is 50.3 Å². The summed E-state index contributed by atoms with van der Waals surface area (Å²) < 4.78 is 34.3. The van der Waals surface area contributed by atoms with Gasteiger partial charge in [-0.15, -0.1) is 0 Å². The van der Waals surface area contributed by atoms with Gasteiger partial charge >= 0.3 is 11.9 Å². The number of rotatable bonds is 68. The van der Waals surface area contributed by atoms with E-state index in [1.807, 2.05) is 21.1 Å². The maximum absolute atomic E-state index is 12.9. The highest BCUT2D eigenvalue weighted by molar-refractivity contribution is 7.45. The van der Waals surface area contributed by atoms with Gasteiger partial charge in [0.1, 0.15) is 19.8 Å². The van der Waals surface area contributed by atoms with Gasteiger partial charge in [0.05, 0.1) is 27.7 Å². The second-order valence-corrected chi connectivity index (χ2v) is 27.4. The lowest BCUT2D eigenvalue weighted by molar-refractivity contribution is -0.870. The predicted molar refractivity (Wildman–Crippen MR) is 356 cm³/mol. The summed E-state index contributed by atoms with van der Waals surface area (Å²) in [6.07, 6.45) is 82.5. The first kappa shape index (κ1) is 81.2. The van der Waals surface area contributed by atoms with Gasteiger partial charge in [0.25, 0.3) is 7.82 Å². The zero-order chi connectivity index (χ0) is 60.5. The SMILES string of the molecule is CCCCCCC/C=C\C/C=C\C/C=C\CCCCCCCCCCCCCCCCCCCCCCCCCCCCC(=O)OC(COC(=O)CCCCCCCCCCCCCCCCCCCC)COP(=O)([O-])OCC[N+](C)(C)C. The lowest BCUT2D eigenvalue weighted by Gasteiger charge is -2.28. The number of carbonyl (C=O) groups excluding carboxylic acids is 2. The van der Waals surface area contributed by atoms with Crippen LogP contribution in [0.15, 0.2) is 36.5 Å². The first-order valence-electron chi connectivity index (χ1n) is 36.2. The van der Waals surface area contributed by atoms with Crippen LogP contribution in [0.3, 0.4) is 0 Å². The topological polar surface area (TPSA) is 111 Å². The molecule has 0 saturated heterocycles. The van der Waals surface area contributed by atoms with Crippen molar-refractivity contribution in [2.75, 3.05) is 47.5 Å². The molecule has 0 saturated carbocycles. The molecule has 0 amide bonds. The molecule has 0 fully saturated rings. The summed E-state index contributed by atoms with van der Waals surface area (Å²) in [6.45, 7) is 4.30. The second kappa shape index (κ2) is 64.7. The number of esters is 2. The molecule has 0 bridgehead atoms. The molecule has 0 rings (SSSR count). The van der Waals surface area contributed by atoms with Crippen LogP contribution in [-0.2, 0) is 32.7 Å². The van der Waals surface area contributed by atoms with Crippen molar-refractivity contribution >= 4 is 19.8 Å². The van der Waals surface area contributed by atoms with Crippen molar-refractivity contribution < 1.29 is 42.1 Å². The molecule has 0 aromatic carbocycles. The Bertz CT molecular complexity index is 1490. The van der Waals surface area contributed by atoms with Crippen molar-refractivity contribution in [3.63, 3.8) is 0 Å². The van der Waals surface area contributed by atoms with E-state index < -0.39 is 26.5 Å².